The summed E-state index contributed by atoms with van der Waals surface area (Å²) < 4.78 is 44.8. The maximum atomic E-state index is 13.2. The summed E-state index contributed by atoms with van der Waals surface area (Å²) in [4.78, 5) is 20.9. The fourth-order valence-corrected chi connectivity index (χ4v) is 4.42. The van der Waals surface area contributed by atoms with E-state index in [4.69, 9.17) is 4.74 Å². The molecule has 0 saturated heterocycles. The molecule has 0 bridgehead atoms. The molecule has 0 aliphatic carbocycles. The number of benzene rings is 2. The first kappa shape index (κ1) is 25.7. The number of thiazole rings is 1. The molecule has 0 N–H and O–H groups in total. The van der Waals surface area contributed by atoms with Crippen LogP contribution in [-0.2, 0) is 25.8 Å². The van der Waals surface area contributed by atoms with Crippen LogP contribution in [0.2, 0.25) is 0 Å². The van der Waals surface area contributed by atoms with Crippen molar-refractivity contribution in [2.24, 2.45) is 0 Å². The van der Waals surface area contributed by atoms with Crippen molar-refractivity contribution >= 4 is 17.2 Å². The highest BCUT2D eigenvalue weighted by Crippen LogP contribution is 2.30. The third-order valence-electron chi connectivity index (χ3n) is 5.41. The van der Waals surface area contributed by atoms with Crippen LogP contribution < -0.4 is 4.74 Å². The molecule has 0 fully saturated rings. The Morgan fingerprint density at radius 3 is 2.29 bits per heavy atom. The molecule has 1 heterocycles. The number of carbonyl (C=O) groups excluding carboxylic acids is 1. The van der Waals surface area contributed by atoms with E-state index in [2.05, 4.69) is 4.98 Å². The van der Waals surface area contributed by atoms with Crippen LogP contribution in [0.1, 0.15) is 46.0 Å². The smallest absolute Gasteiger partial charge is 0.416 e. The summed E-state index contributed by atoms with van der Waals surface area (Å²) in [7, 11) is 1.59. The molecule has 1 amide bonds. The number of amides is 1. The van der Waals surface area contributed by atoms with E-state index in [1.54, 1.807) is 23.5 Å². The largest absolute Gasteiger partial charge is 0.497 e. The summed E-state index contributed by atoms with van der Waals surface area (Å²) in [5.74, 6) is 0.611. The van der Waals surface area contributed by atoms with Gasteiger partial charge in [0, 0.05) is 31.6 Å². The molecule has 34 heavy (non-hydrogen) atoms. The number of nitrogens with zero attached hydrogens (tertiary/aromatic N) is 3. The van der Waals surface area contributed by atoms with Crippen LogP contribution in [-0.4, -0.2) is 40.9 Å². The van der Waals surface area contributed by atoms with Crippen LogP contribution in [0.5, 0.6) is 5.75 Å². The topological polar surface area (TPSA) is 45.7 Å². The maximum absolute atomic E-state index is 13.2. The van der Waals surface area contributed by atoms with Gasteiger partial charge in [-0.05, 0) is 43.2 Å². The Labute approximate surface area is 201 Å². The van der Waals surface area contributed by atoms with Gasteiger partial charge in [0.25, 0.3) is 5.91 Å². The number of methoxy groups -OCH3 is 1. The minimum atomic E-state index is -4.40. The van der Waals surface area contributed by atoms with Crippen molar-refractivity contribution < 1.29 is 22.7 Å². The van der Waals surface area contributed by atoms with E-state index in [0.29, 0.717) is 44.0 Å². The van der Waals surface area contributed by atoms with Crippen molar-refractivity contribution in [3.8, 4) is 5.75 Å². The van der Waals surface area contributed by atoms with Crippen LogP contribution in [0.15, 0.2) is 53.9 Å². The van der Waals surface area contributed by atoms with Gasteiger partial charge >= 0.3 is 6.18 Å². The minimum absolute atomic E-state index is 0.118. The molecule has 9 heteroatoms. The molecule has 0 radical (unpaired) electrons. The summed E-state index contributed by atoms with van der Waals surface area (Å²) in [6.07, 6.45) is -4.40. The zero-order chi connectivity index (χ0) is 24.7. The van der Waals surface area contributed by atoms with E-state index in [9.17, 15) is 18.0 Å². The van der Waals surface area contributed by atoms with Crippen LogP contribution in [0, 0.1) is 0 Å². The number of hydrogen-bond donors (Lipinski definition) is 0. The summed E-state index contributed by atoms with van der Waals surface area (Å²) in [6, 6.07) is 12.9. The zero-order valence-electron chi connectivity index (χ0n) is 19.4. The highest BCUT2D eigenvalue weighted by molar-refractivity contribution is 7.09. The van der Waals surface area contributed by atoms with Gasteiger partial charge in [-0.2, -0.15) is 13.2 Å². The lowest BCUT2D eigenvalue weighted by Crippen LogP contribution is -2.30. The van der Waals surface area contributed by atoms with Crippen molar-refractivity contribution in [3.05, 3.63) is 81.3 Å². The Balaban J connectivity index is 1.82. The fraction of sp³-hybridized carbons (Fsp3) is 0.360. The predicted octanol–water partition coefficient (Wildman–Crippen LogP) is 5.85. The number of aromatic nitrogens is 1. The van der Waals surface area contributed by atoms with E-state index >= 15 is 0 Å². The van der Waals surface area contributed by atoms with Crippen molar-refractivity contribution in [2.75, 3.05) is 20.2 Å². The highest BCUT2D eigenvalue weighted by Gasteiger charge is 2.30. The monoisotopic (exact) mass is 491 g/mol. The van der Waals surface area contributed by atoms with Crippen molar-refractivity contribution in [1.82, 2.24) is 14.8 Å². The molecular formula is C25H28F3N3O2S. The van der Waals surface area contributed by atoms with Gasteiger partial charge in [0.15, 0.2) is 0 Å². The molecule has 0 aliphatic rings. The van der Waals surface area contributed by atoms with Gasteiger partial charge < -0.3 is 9.64 Å². The van der Waals surface area contributed by atoms with Gasteiger partial charge in [0.2, 0.25) is 0 Å². The predicted molar refractivity (Wildman–Crippen MR) is 127 cm³/mol. The molecule has 182 valence electrons. The minimum Gasteiger partial charge on any atom is -0.497 e. The molecule has 0 unspecified atom stereocenters. The summed E-state index contributed by atoms with van der Waals surface area (Å²) in [5.41, 5.74) is 1.27. The molecule has 2 aromatic carbocycles. The molecule has 5 nitrogen and oxygen atoms in total. The maximum Gasteiger partial charge on any atom is 0.416 e. The zero-order valence-corrected chi connectivity index (χ0v) is 20.2. The van der Waals surface area contributed by atoms with Crippen molar-refractivity contribution in [2.45, 2.75) is 39.7 Å². The normalized spacial score (nSPS) is 11.6. The molecule has 0 spiro atoms. The number of rotatable bonds is 10. The van der Waals surface area contributed by atoms with Gasteiger partial charge in [-0.25, -0.2) is 4.98 Å². The quantitative estimate of drug-likeness (QED) is 0.357. The average molecular weight is 492 g/mol. The highest BCUT2D eigenvalue weighted by atomic mass is 32.1. The number of carbonyl (C=O) groups is 1. The summed E-state index contributed by atoms with van der Waals surface area (Å²) in [5, 5.41) is 2.47. The lowest BCUT2D eigenvalue weighted by atomic mass is 10.1. The molecule has 0 aliphatic heterocycles. The van der Waals surface area contributed by atoms with Gasteiger partial charge in [-0.3, -0.25) is 9.69 Å². The molecule has 1 aromatic heterocycles. The van der Waals surface area contributed by atoms with Crippen molar-refractivity contribution in [1.29, 1.82) is 0 Å². The SMILES string of the molecule is CCN(CC)C(=O)c1csc(CN(Cc2ccc(OC)cc2)Cc2cccc(C(F)(F)F)c2)n1. The molecule has 3 aromatic rings. The molecule has 3 rings (SSSR count). The van der Waals surface area contributed by atoms with Crippen molar-refractivity contribution in [3.63, 3.8) is 0 Å². The van der Waals surface area contributed by atoms with E-state index in [1.165, 1.54) is 23.5 Å². The first-order chi connectivity index (χ1) is 16.2. The Morgan fingerprint density at radius 1 is 1.00 bits per heavy atom. The molecular weight excluding hydrogens is 463 g/mol. The number of hydrogen-bond acceptors (Lipinski definition) is 5. The summed E-state index contributed by atoms with van der Waals surface area (Å²) in [6.45, 7) is 6.23. The molecule has 0 atom stereocenters. The van der Waals surface area contributed by atoms with E-state index in [-0.39, 0.29) is 5.91 Å². The van der Waals surface area contributed by atoms with E-state index in [1.807, 2.05) is 43.0 Å². The number of alkyl halides is 3. The van der Waals surface area contributed by atoms with Gasteiger partial charge in [0.05, 0.1) is 19.2 Å². The van der Waals surface area contributed by atoms with Crippen LogP contribution in [0.25, 0.3) is 0 Å². The van der Waals surface area contributed by atoms with Crippen LogP contribution in [0.4, 0.5) is 13.2 Å². The molecule has 0 saturated carbocycles. The third-order valence-corrected chi connectivity index (χ3v) is 6.24. The Kier molecular flexibility index (Phi) is 8.68. The Hall–Kier alpha value is -2.91. The van der Waals surface area contributed by atoms with Crippen LogP contribution in [0.3, 0.4) is 0 Å². The van der Waals surface area contributed by atoms with E-state index < -0.39 is 11.7 Å². The summed E-state index contributed by atoms with van der Waals surface area (Å²) >= 11 is 1.38. The Morgan fingerprint density at radius 2 is 1.68 bits per heavy atom. The van der Waals surface area contributed by atoms with Crippen LogP contribution >= 0.6 is 11.3 Å². The van der Waals surface area contributed by atoms with Gasteiger partial charge in [-0.15, -0.1) is 11.3 Å². The third kappa shape index (κ3) is 6.80. The second kappa shape index (κ2) is 11.5. The fourth-order valence-electron chi connectivity index (χ4n) is 3.61. The Bertz CT molecular complexity index is 1080. The second-order valence-electron chi connectivity index (χ2n) is 7.80. The van der Waals surface area contributed by atoms with Gasteiger partial charge in [0.1, 0.15) is 16.5 Å². The number of halogens is 3. The standard InChI is InChI=1S/C25H28F3N3O2S/c1-4-31(5-2)24(32)22-17-34-23(29-22)16-30(14-18-9-11-21(33-3)12-10-18)15-19-7-6-8-20(13-19)25(26,27)28/h6-13,17H,4-5,14-16H2,1-3H3. The lowest BCUT2D eigenvalue weighted by Gasteiger charge is -2.22. The van der Waals surface area contributed by atoms with Gasteiger partial charge in [-0.1, -0.05) is 30.3 Å². The number of ether oxygens (including phenoxy) is 1. The van der Waals surface area contributed by atoms with E-state index in [0.717, 1.165) is 22.4 Å². The average Bonchev–Trinajstić information content (AvgIpc) is 3.28. The first-order valence-electron chi connectivity index (χ1n) is 11.0. The second-order valence-corrected chi connectivity index (χ2v) is 8.74. The first-order valence-corrected chi connectivity index (χ1v) is 11.9. The lowest BCUT2D eigenvalue weighted by molar-refractivity contribution is -0.137.